The van der Waals surface area contributed by atoms with Crippen LogP contribution in [0.2, 0.25) is 0 Å². The summed E-state index contributed by atoms with van der Waals surface area (Å²) in [6.07, 6.45) is 7.89. The second kappa shape index (κ2) is 9.22. The lowest BCUT2D eigenvalue weighted by molar-refractivity contribution is -0.141. The number of nitrogens with zero attached hydrogens (tertiary/aromatic N) is 2. The van der Waals surface area contributed by atoms with Gasteiger partial charge in [-0.2, -0.15) is 0 Å². The van der Waals surface area contributed by atoms with Gasteiger partial charge in [0.25, 0.3) is 0 Å². The van der Waals surface area contributed by atoms with E-state index in [9.17, 15) is 14.4 Å². The van der Waals surface area contributed by atoms with Crippen LogP contribution in [0, 0.1) is 17.3 Å². The van der Waals surface area contributed by atoms with E-state index in [0.717, 1.165) is 44.2 Å². The van der Waals surface area contributed by atoms with Crippen molar-refractivity contribution in [1.29, 1.82) is 0 Å². The highest BCUT2D eigenvalue weighted by molar-refractivity contribution is 6.03. The number of hydroxylamine groups is 1. The zero-order chi connectivity index (χ0) is 22.9. The minimum atomic E-state index is -0.538. The van der Waals surface area contributed by atoms with Crippen LogP contribution in [-0.4, -0.2) is 54.4 Å². The number of ketones is 1. The van der Waals surface area contributed by atoms with Gasteiger partial charge in [-0.3, -0.25) is 19.6 Å². The summed E-state index contributed by atoms with van der Waals surface area (Å²) in [6, 6.07) is 7.06. The number of carbonyl (C=O) groups is 3. The van der Waals surface area contributed by atoms with Crippen molar-refractivity contribution < 1.29 is 19.6 Å². The van der Waals surface area contributed by atoms with E-state index in [1.165, 1.54) is 0 Å². The standard InChI is InChI=1S/C25H35N3O4/c1-27(2)20-9-7-18(8-10-20)23(30)21-15-25(11-12-25)16-28(21)24(31)19(14-22(29)26-32)13-17-5-3-4-6-17/h7-10,17,19,21,32H,3-6,11-16H2,1-2H3,(H,26,29)/t19-,21+/m1/s1. The molecule has 2 saturated carbocycles. The van der Waals surface area contributed by atoms with Crippen molar-refractivity contribution in [1.82, 2.24) is 10.4 Å². The summed E-state index contributed by atoms with van der Waals surface area (Å²) in [7, 11) is 3.91. The van der Waals surface area contributed by atoms with Gasteiger partial charge in [0.1, 0.15) is 0 Å². The van der Waals surface area contributed by atoms with Crippen molar-refractivity contribution in [3.8, 4) is 0 Å². The van der Waals surface area contributed by atoms with Crippen molar-refractivity contribution in [2.75, 3.05) is 25.5 Å². The molecule has 0 radical (unpaired) electrons. The largest absolute Gasteiger partial charge is 0.378 e. The summed E-state index contributed by atoms with van der Waals surface area (Å²) >= 11 is 0. The molecule has 32 heavy (non-hydrogen) atoms. The van der Waals surface area contributed by atoms with Crippen molar-refractivity contribution in [2.45, 2.75) is 63.8 Å². The van der Waals surface area contributed by atoms with Crippen molar-refractivity contribution in [3.63, 3.8) is 0 Å². The Morgan fingerprint density at radius 1 is 1.16 bits per heavy atom. The van der Waals surface area contributed by atoms with Gasteiger partial charge in [-0.15, -0.1) is 0 Å². The molecule has 3 fully saturated rings. The molecule has 1 aliphatic heterocycles. The summed E-state index contributed by atoms with van der Waals surface area (Å²) in [6.45, 7) is 0.597. The zero-order valence-corrected chi connectivity index (χ0v) is 19.2. The van der Waals surface area contributed by atoms with Crippen molar-refractivity contribution in [3.05, 3.63) is 29.8 Å². The average molecular weight is 442 g/mol. The Morgan fingerprint density at radius 2 is 1.81 bits per heavy atom. The maximum absolute atomic E-state index is 13.7. The Labute approximate surface area is 190 Å². The molecule has 1 spiro atoms. The molecule has 1 saturated heterocycles. The Hall–Kier alpha value is -2.41. The van der Waals surface area contributed by atoms with Gasteiger partial charge in [0.05, 0.1) is 6.04 Å². The molecule has 0 aromatic heterocycles. The molecule has 1 aromatic carbocycles. The van der Waals surface area contributed by atoms with E-state index in [2.05, 4.69) is 0 Å². The molecule has 1 heterocycles. The van der Waals surface area contributed by atoms with Crippen LogP contribution in [0.1, 0.15) is 68.1 Å². The molecule has 0 bridgehead atoms. The highest BCUT2D eigenvalue weighted by atomic mass is 16.5. The maximum Gasteiger partial charge on any atom is 0.244 e. The minimum absolute atomic E-state index is 0.0151. The number of anilines is 1. The Morgan fingerprint density at radius 3 is 2.38 bits per heavy atom. The van der Waals surface area contributed by atoms with E-state index in [1.807, 2.05) is 43.3 Å². The fourth-order valence-electron chi connectivity index (χ4n) is 5.60. The van der Waals surface area contributed by atoms with E-state index in [-0.39, 0.29) is 23.5 Å². The molecular weight excluding hydrogens is 406 g/mol. The SMILES string of the molecule is CN(C)c1ccc(C(=O)[C@@H]2CC3(CC3)CN2C(=O)[C@@H](CC(=O)NO)CC2CCCC2)cc1. The molecule has 2 amide bonds. The fraction of sp³-hybridized carbons (Fsp3) is 0.640. The van der Waals surface area contributed by atoms with Crippen LogP contribution >= 0.6 is 0 Å². The number of rotatable bonds is 8. The molecule has 0 unspecified atom stereocenters. The first-order valence-electron chi connectivity index (χ1n) is 11.9. The molecule has 2 N–H and O–H groups in total. The molecule has 7 heteroatoms. The summed E-state index contributed by atoms with van der Waals surface area (Å²) < 4.78 is 0. The zero-order valence-electron chi connectivity index (χ0n) is 19.2. The fourth-order valence-corrected chi connectivity index (χ4v) is 5.60. The average Bonchev–Trinajstić information content (AvgIpc) is 3.17. The summed E-state index contributed by atoms with van der Waals surface area (Å²) in [5.41, 5.74) is 3.40. The highest BCUT2D eigenvalue weighted by Crippen LogP contribution is 2.55. The normalized spacial score (nSPS) is 22.7. The van der Waals surface area contributed by atoms with Crippen LogP contribution in [0.25, 0.3) is 0 Å². The van der Waals surface area contributed by atoms with Crippen LogP contribution in [-0.2, 0) is 9.59 Å². The number of hydrogen-bond acceptors (Lipinski definition) is 5. The lowest BCUT2D eigenvalue weighted by atomic mass is 9.89. The van der Waals surface area contributed by atoms with Crippen LogP contribution < -0.4 is 10.4 Å². The van der Waals surface area contributed by atoms with Crippen LogP contribution in [0.3, 0.4) is 0 Å². The molecule has 4 rings (SSSR count). The van der Waals surface area contributed by atoms with E-state index < -0.39 is 17.9 Å². The number of Topliss-reactive ketones (excluding diaryl/α,β-unsaturated/α-hetero) is 1. The Kier molecular flexibility index (Phi) is 6.56. The smallest absolute Gasteiger partial charge is 0.244 e. The van der Waals surface area contributed by atoms with Crippen LogP contribution in [0.5, 0.6) is 0 Å². The molecule has 1 aromatic rings. The number of benzene rings is 1. The second-order valence-corrected chi connectivity index (χ2v) is 10.3. The predicted octanol–water partition coefficient (Wildman–Crippen LogP) is 3.41. The van der Waals surface area contributed by atoms with Gasteiger partial charge in [-0.1, -0.05) is 25.7 Å². The van der Waals surface area contributed by atoms with Gasteiger partial charge in [-0.25, -0.2) is 5.48 Å². The number of amides is 2. The molecule has 7 nitrogen and oxygen atoms in total. The quantitative estimate of drug-likeness (QED) is 0.367. The lowest BCUT2D eigenvalue weighted by Crippen LogP contribution is -2.45. The number of hydrogen-bond donors (Lipinski definition) is 2. The monoisotopic (exact) mass is 441 g/mol. The van der Waals surface area contributed by atoms with E-state index >= 15 is 0 Å². The number of nitrogens with one attached hydrogen (secondary N) is 1. The minimum Gasteiger partial charge on any atom is -0.378 e. The van der Waals surface area contributed by atoms with Crippen LogP contribution in [0.15, 0.2) is 24.3 Å². The van der Waals surface area contributed by atoms with Crippen molar-refractivity contribution in [2.24, 2.45) is 17.3 Å². The topological polar surface area (TPSA) is 90.0 Å². The summed E-state index contributed by atoms with van der Waals surface area (Å²) in [5.74, 6) is -0.721. The Balaban J connectivity index is 1.54. The predicted molar refractivity (Wildman–Crippen MR) is 121 cm³/mol. The lowest BCUT2D eigenvalue weighted by Gasteiger charge is -2.29. The van der Waals surface area contributed by atoms with E-state index in [0.29, 0.717) is 30.9 Å². The highest BCUT2D eigenvalue weighted by Gasteiger charge is 2.55. The Bertz CT molecular complexity index is 856. The molecular formula is C25H35N3O4. The van der Waals surface area contributed by atoms with Gasteiger partial charge in [0.2, 0.25) is 11.8 Å². The molecule has 2 atom stereocenters. The third-order valence-electron chi connectivity index (χ3n) is 7.72. The second-order valence-electron chi connectivity index (χ2n) is 10.3. The van der Waals surface area contributed by atoms with Gasteiger partial charge in [-0.05, 0) is 61.3 Å². The number of likely N-dealkylation sites (tertiary alicyclic amines) is 1. The number of carbonyl (C=O) groups excluding carboxylic acids is 3. The molecule has 2 aliphatic carbocycles. The third kappa shape index (κ3) is 4.82. The molecule has 174 valence electrons. The summed E-state index contributed by atoms with van der Waals surface area (Å²) in [4.78, 5) is 42.9. The summed E-state index contributed by atoms with van der Waals surface area (Å²) in [5, 5.41) is 9.05. The van der Waals surface area contributed by atoms with Gasteiger partial charge in [0.15, 0.2) is 5.78 Å². The maximum atomic E-state index is 13.7. The first-order valence-corrected chi connectivity index (χ1v) is 11.9. The van der Waals surface area contributed by atoms with Gasteiger partial charge in [0, 0.05) is 44.2 Å². The third-order valence-corrected chi connectivity index (χ3v) is 7.72. The molecule has 3 aliphatic rings. The first-order chi connectivity index (χ1) is 15.3. The van der Waals surface area contributed by atoms with Crippen LogP contribution in [0.4, 0.5) is 5.69 Å². The van der Waals surface area contributed by atoms with Crippen molar-refractivity contribution >= 4 is 23.3 Å². The van der Waals surface area contributed by atoms with E-state index in [4.69, 9.17) is 5.21 Å². The first kappa shape index (κ1) is 22.8. The van der Waals surface area contributed by atoms with E-state index in [1.54, 1.807) is 10.4 Å². The van der Waals surface area contributed by atoms with Gasteiger partial charge < -0.3 is 9.80 Å². The van der Waals surface area contributed by atoms with Gasteiger partial charge >= 0.3 is 0 Å².